The van der Waals surface area contributed by atoms with Gasteiger partial charge in [-0.3, -0.25) is 10.1 Å². The van der Waals surface area contributed by atoms with Crippen LogP contribution in [0.3, 0.4) is 0 Å². The average Bonchev–Trinajstić information content (AvgIpc) is 2.79. The topological polar surface area (TPSA) is 72.2 Å². The van der Waals surface area contributed by atoms with Crippen molar-refractivity contribution < 1.29 is 9.59 Å². The molecule has 3 amide bonds. The number of rotatable bonds is 3. The number of hydrogen-bond donors (Lipinski definition) is 2. The number of urea groups is 1. The maximum Gasteiger partial charge on any atom is 0.319 e. The zero-order chi connectivity index (χ0) is 13.8. The Morgan fingerprint density at radius 2 is 1.95 bits per heavy atom. The van der Waals surface area contributed by atoms with E-state index < -0.39 is 6.03 Å². The van der Waals surface area contributed by atoms with Crippen molar-refractivity contribution in [3.05, 3.63) is 23.3 Å². The number of hydrogen-bond acceptors (Lipinski definition) is 2. The first kappa shape index (κ1) is 13.8. The van der Waals surface area contributed by atoms with Gasteiger partial charge in [0.1, 0.15) is 0 Å². The van der Waals surface area contributed by atoms with Crippen molar-refractivity contribution in [1.29, 1.82) is 0 Å². The van der Waals surface area contributed by atoms with Crippen molar-refractivity contribution in [1.82, 2.24) is 5.32 Å². The quantitative estimate of drug-likeness (QED) is 0.820. The van der Waals surface area contributed by atoms with E-state index in [-0.39, 0.29) is 5.91 Å². The van der Waals surface area contributed by atoms with Crippen LogP contribution in [0, 0.1) is 11.8 Å². The van der Waals surface area contributed by atoms with Crippen LogP contribution in [0.25, 0.3) is 0 Å². The summed E-state index contributed by atoms with van der Waals surface area (Å²) in [5.74, 6) is 1.15. The van der Waals surface area contributed by atoms with Crippen LogP contribution < -0.4 is 11.1 Å². The first-order valence-electron chi connectivity index (χ1n) is 7.06. The van der Waals surface area contributed by atoms with Crippen LogP contribution in [-0.4, -0.2) is 11.9 Å². The van der Waals surface area contributed by atoms with Crippen molar-refractivity contribution in [3.8, 4) is 0 Å². The predicted octanol–water partition coefficient (Wildman–Crippen LogP) is 2.65. The first-order chi connectivity index (χ1) is 9.06. The molecule has 0 saturated heterocycles. The molecule has 4 nitrogen and oxygen atoms in total. The summed E-state index contributed by atoms with van der Waals surface area (Å²) in [6, 6.07) is -0.788. The van der Waals surface area contributed by atoms with Crippen molar-refractivity contribution in [2.75, 3.05) is 0 Å². The Morgan fingerprint density at radius 3 is 2.58 bits per heavy atom. The summed E-state index contributed by atoms with van der Waals surface area (Å²) >= 11 is 0. The third kappa shape index (κ3) is 3.69. The van der Waals surface area contributed by atoms with E-state index in [9.17, 15) is 9.59 Å². The van der Waals surface area contributed by atoms with E-state index in [0.29, 0.717) is 11.5 Å². The molecule has 2 rings (SSSR count). The lowest BCUT2D eigenvalue weighted by atomic mass is 9.79. The van der Waals surface area contributed by atoms with E-state index in [0.717, 1.165) is 24.3 Å². The molecule has 0 unspecified atom stereocenters. The van der Waals surface area contributed by atoms with Gasteiger partial charge in [-0.2, -0.15) is 0 Å². The Morgan fingerprint density at radius 1 is 1.26 bits per heavy atom. The maximum atomic E-state index is 11.8. The Labute approximate surface area is 114 Å². The number of carbonyl (C=O) groups excluding carboxylic acids is 2. The minimum atomic E-state index is -0.788. The molecule has 1 saturated carbocycles. The minimum absolute atomic E-state index is 0.361. The van der Waals surface area contributed by atoms with Gasteiger partial charge in [0, 0.05) is 5.57 Å². The van der Waals surface area contributed by atoms with E-state index in [2.05, 4.69) is 18.3 Å². The van der Waals surface area contributed by atoms with Crippen molar-refractivity contribution >= 4 is 11.9 Å². The van der Waals surface area contributed by atoms with E-state index >= 15 is 0 Å². The van der Waals surface area contributed by atoms with Crippen LogP contribution in [0.5, 0.6) is 0 Å². The second-order valence-electron chi connectivity index (χ2n) is 5.73. The standard InChI is InChI=1S/C15H22N2O2/c1-10-5-7-11(8-6-10)9-12-3-2-4-13(12)14(18)17-15(16)19/h3-4,10-11H,2,5-9H2,1H3,(H3,16,17,18,19). The number of nitrogens with one attached hydrogen (secondary N) is 1. The molecule has 0 heterocycles. The van der Waals surface area contributed by atoms with Crippen LogP contribution in [0.1, 0.15) is 45.4 Å². The largest absolute Gasteiger partial charge is 0.351 e. The zero-order valence-corrected chi connectivity index (χ0v) is 11.4. The van der Waals surface area contributed by atoms with E-state index in [1.807, 2.05) is 6.08 Å². The molecule has 0 bridgehead atoms. The van der Waals surface area contributed by atoms with E-state index in [1.54, 1.807) is 0 Å². The highest BCUT2D eigenvalue weighted by Gasteiger charge is 2.24. The summed E-state index contributed by atoms with van der Waals surface area (Å²) in [5, 5.41) is 2.15. The van der Waals surface area contributed by atoms with Gasteiger partial charge in [0.2, 0.25) is 0 Å². The maximum absolute atomic E-state index is 11.8. The molecule has 0 aromatic heterocycles. The summed E-state index contributed by atoms with van der Waals surface area (Å²) in [6.45, 7) is 2.30. The van der Waals surface area contributed by atoms with Crippen molar-refractivity contribution in [2.24, 2.45) is 17.6 Å². The Kier molecular flexibility index (Phi) is 4.40. The number of carbonyl (C=O) groups is 2. The molecule has 0 radical (unpaired) electrons. The second-order valence-corrected chi connectivity index (χ2v) is 5.73. The van der Waals surface area contributed by atoms with Crippen molar-refractivity contribution in [3.63, 3.8) is 0 Å². The summed E-state index contributed by atoms with van der Waals surface area (Å²) in [7, 11) is 0. The number of imide groups is 1. The highest BCUT2D eigenvalue weighted by Crippen LogP contribution is 2.35. The van der Waals surface area contributed by atoms with Gasteiger partial charge in [-0.1, -0.05) is 31.9 Å². The fraction of sp³-hybridized carbons (Fsp3) is 0.600. The van der Waals surface area contributed by atoms with Gasteiger partial charge in [0.15, 0.2) is 0 Å². The number of primary amides is 1. The van der Waals surface area contributed by atoms with Gasteiger partial charge >= 0.3 is 6.03 Å². The monoisotopic (exact) mass is 262 g/mol. The van der Waals surface area contributed by atoms with Crippen molar-refractivity contribution in [2.45, 2.75) is 45.4 Å². The molecule has 104 valence electrons. The highest BCUT2D eigenvalue weighted by atomic mass is 16.2. The van der Waals surface area contributed by atoms with Gasteiger partial charge in [-0.25, -0.2) is 4.79 Å². The molecule has 0 atom stereocenters. The van der Waals surface area contributed by atoms with E-state index in [4.69, 9.17) is 5.73 Å². The fourth-order valence-electron chi connectivity index (χ4n) is 3.02. The third-order valence-corrected chi connectivity index (χ3v) is 4.16. The van der Waals surface area contributed by atoms with Gasteiger partial charge in [0.05, 0.1) is 0 Å². The van der Waals surface area contributed by atoms with Gasteiger partial charge in [0.25, 0.3) is 5.91 Å². The smallest absolute Gasteiger partial charge is 0.319 e. The molecule has 0 aromatic rings. The SMILES string of the molecule is CC1CCC(CC2=CCC=C2C(=O)NC(N)=O)CC1. The molecule has 0 spiro atoms. The van der Waals surface area contributed by atoms with Gasteiger partial charge in [-0.15, -0.1) is 0 Å². The fourth-order valence-corrected chi connectivity index (χ4v) is 3.02. The van der Waals surface area contributed by atoms with Crippen LogP contribution in [-0.2, 0) is 4.79 Å². The summed E-state index contributed by atoms with van der Waals surface area (Å²) in [5.41, 5.74) is 6.71. The Bertz CT molecular complexity index is 429. The summed E-state index contributed by atoms with van der Waals surface area (Å²) < 4.78 is 0. The lowest BCUT2D eigenvalue weighted by Crippen LogP contribution is -2.36. The zero-order valence-electron chi connectivity index (χ0n) is 11.4. The molecular weight excluding hydrogens is 240 g/mol. The number of amides is 3. The molecule has 0 aliphatic heterocycles. The predicted molar refractivity (Wildman–Crippen MR) is 74.2 cm³/mol. The summed E-state index contributed by atoms with van der Waals surface area (Å²) in [6.07, 6.45) is 10.7. The van der Waals surface area contributed by atoms with Crippen LogP contribution >= 0.6 is 0 Å². The Hall–Kier alpha value is -1.58. The van der Waals surface area contributed by atoms with E-state index in [1.165, 1.54) is 25.7 Å². The molecule has 2 aliphatic rings. The Balaban J connectivity index is 1.92. The first-order valence-corrected chi connectivity index (χ1v) is 7.06. The molecular formula is C15H22N2O2. The average molecular weight is 262 g/mol. The third-order valence-electron chi connectivity index (χ3n) is 4.16. The molecule has 4 heteroatoms. The van der Waals surface area contributed by atoms with Gasteiger partial charge in [-0.05, 0) is 43.1 Å². The van der Waals surface area contributed by atoms with Crippen LogP contribution in [0.15, 0.2) is 23.3 Å². The number of allylic oxidation sites excluding steroid dienone is 2. The molecule has 19 heavy (non-hydrogen) atoms. The molecule has 0 aromatic carbocycles. The minimum Gasteiger partial charge on any atom is -0.351 e. The second kappa shape index (κ2) is 6.04. The van der Waals surface area contributed by atoms with Gasteiger partial charge < -0.3 is 5.73 Å². The summed E-state index contributed by atoms with van der Waals surface area (Å²) in [4.78, 5) is 22.6. The lowest BCUT2D eigenvalue weighted by molar-refractivity contribution is -0.116. The lowest BCUT2D eigenvalue weighted by Gasteiger charge is -2.26. The highest BCUT2D eigenvalue weighted by molar-refractivity contribution is 6.06. The molecule has 3 N–H and O–H groups in total. The normalized spacial score (nSPS) is 26.6. The van der Waals surface area contributed by atoms with Crippen LogP contribution in [0.4, 0.5) is 4.79 Å². The van der Waals surface area contributed by atoms with Crippen LogP contribution in [0.2, 0.25) is 0 Å². The molecule has 1 fully saturated rings. The number of nitrogens with two attached hydrogens (primary N) is 1. The molecule has 2 aliphatic carbocycles.